The first-order valence-corrected chi connectivity index (χ1v) is 4.44. The number of aromatic nitrogens is 2. The number of aromatic amines is 1. The lowest BCUT2D eigenvalue weighted by Gasteiger charge is -1.85. The van der Waals surface area contributed by atoms with E-state index in [1.54, 1.807) is 18.2 Å². The molecule has 0 saturated heterocycles. The number of para-hydroxylation sites is 1. The van der Waals surface area contributed by atoms with Gasteiger partial charge < -0.3 is 10.1 Å². The van der Waals surface area contributed by atoms with Crippen LogP contribution in [0.5, 0.6) is 0 Å². The molecule has 0 aliphatic heterocycles. The minimum atomic E-state index is -0.535. The van der Waals surface area contributed by atoms with Crippen molar-refractivity contribution in [2.24, 2.45) is 0 Å². The van der Waals surface area contributed by atoms with Crippen molar-refractivity contribution < 1.29 is 9.85 Å². The summed E-state index contributed by atoms with van der Waals surface area (Å²) >= 11 is 0. The summed E-state index contributed by atoms with van der Waals surface area (Å²) in [6.07, 6.45) is 1.33. The van der Waals surface area contributed by atoms with Gasteiger partial charge >= 0.3 is 5.82 Å². The van der Waals surface area contributed by atoms with Crippen LogP contribution in [-0.2, 0) is 0 Å². The fraction of sp³-hybridized carbons (Fsp3) is 0. The van der Waals surface area contributed by atoms with Crippen LogP contribution in [0, 0.1) is 20.2 Å². The Kier molecular flexibility index (Phi) is 4.31. The van der Waals surface area contributed by atoms with Crippen LogP contribution in [-0.4, -0.2) is 20.0 Å². The van der Waals surface area contributed by atoms with Crippen molar-refractivity contribution in [2.75, 3.05) is 0 Å². The number of H-pyrrole nitrogens is 1. The Hall–Kier alpha value is -2.77. The summed E-state index contributed by atoms with van der Waals surface area (Å²) < 4.78 is 0. The zero-order valence-corrected chi connectivity index (χ0v) is 8.52. The van der Waals surface area contributed by atoms with Crippen molar-refractivity contribution in [3.8, 4) is 0 Å². The number of nitro benzene ring substituents is 1. The number of hydrogen-bond donors (Lipinski definition) is 1. The van der Waals surface area contributed by atoms with Gasteiger partial charge in [0.2, 0.25) is 0 Å². The minimum Gasteiger partial charge on any atom is -0.358 e. The normalized spacial score (nSPS) is 8.94. The number of nitrogens with zero attached hydrogens (tertiary/aromatic N) is 3. The maximum atomic E-state index is 10.0. The third-order valence-electron chi connectivity index (χ3n) is 1.65. The Balaban J connectivity index is 0.000000171. The number of hydrogen-bond acceptors (Lipinski definition) is 5. The molecule has 8 nitrogen and oxygen atoms in total. The zero-order valence-electron chi connectivity index (χ0n) is 8.52. The highest BCUT2D eigenvalue weighted by atomic mass is 16.6. The molecule has 0 fully saturated rings. The SMILES string of the molecule is O=[N+]([O-])c1ccccc1.O=[N+]([O-])c1ccn[nH]1. The lowest BCUT2D eigenvalue weighted by Crippen LogP contribution is -1.86. The van der Waals surface area contributed by atoms with Crippen molar-refractivity contribution in [1.82, 2.24) is 10.2 Å². The highest BCUT2D eigenvalue weighted by molar-refractivity contribution is 5.27. The number of benzene rings is 1. The van der Waals surface area contributed by atoms with Crippen molar-refractivity contribution in [3.05, 3.63) is 62.8 Å². The number of nitrogens with one attached hydrogen (secondary N) is 1. The third kappa shape index (κ3) is 4.08. The molecule has 2 aromatic rings. The summed E-state index contributed by atoms with van der Waals surface area (Å²) in [4.78, 5) is 18.9. The van der Waals surface area contributed by atoms with Gasteiger partial charge in [0.1, 0.15) is 0 Å². The molecule has 8 heteroatoms. The average Bonchev–Trinajstić information content (AvgIpc) is 2.84. The van der Waals surface area contributed by atoms with Gasteiger partial charge in [-0.2, -0.15) is 0 Å². The second-order valence-electron chi connectivity index (χ2n) is 2.79. The van der Waals surface area contributed by atoms with Crippen LogP contribution in [0.2, 0.25) is 0 Å². The lowest BCUT2D eigenvalue weighted by molar-refractivity contribution is -0.389. The van der Waals surface area contributed by atoms with E-state index in [9.17, 15) is 20.2 Å². The first-order valence-electron chi connectivity index (χ1n) is 4.44. The topological polar surface area (TPSA) is 115 Å². The van der Waals surface area contributed by atoms with Crippen LogP contribution >= 0.6 is 0 Å². The maximum absolute atomic E-state index is 10.0. The van der Waals surface area contributed by atoms with Crippen LogP contribution in [0.25, 0.3) is 0 Å². The minimum absolute atomic E-state index is 0.0787. The Morgan fingerprint density at radius 2 is 1.65 bits per heavy atom. The third-order valence-corrected chi connectivity index (χ3v) is 1.65. The van der Waals surface area contributed by atoms with Crippen LogP contribution in [0.15, 0.2) is 42.6 Å². The lowest BCUT2D eigenvalue weighted by atomic mass is 10.3. The van der Waals surface area contributed by atoms with Gasteiger partial charge in [0, 0.05) is 12.1 Å². The van der Waals surface area contributed by atoms with E-state index in [0.29, 0.717) is 0 Å². The molecule has 0 unspecified atom stereocenters. The Morgan fingerprint density at radius 1 is 1.00 bits per heavy atom. The summed E-state index contributed by atoms with van der Waals surface area (Å²) in [5.41, 5.74) is 0.137. The van der Waals surface area contributed by atoms with Gasteiger partial charge in [-0.3, -0.25) is 10.1 Å². The Morgan fingerprint density at radius 3 is 1.94 bits per heavy atom. The smallest absolute Gasteiger partial charge is 0.342 e. The fourth-order valence-electron chi connectivity index (χ4n) is 0.900. The number of nitro groups is 2. The zero-order chi connectivity index (χ0) is 12.7. The monoisotopic (exact) mass is 236 g/mol. The molecule has 0 bridgehead atoms. The molecule has 2 rings (SSSR count). The van der Waals surface area contributed by atoms with Gasteiger partial charge in [0.25, 0.3) is 5.69 Å². The largest absolute Gasteiger partial charge is 0.358 e. The van der Waals surface area contributed by atoms with E-state index in [1.165, 1.54) is 24.4 Å². The first kappa shape index (κ1) is 12.3. The molecule has 0 aliphatic rings. The van der Waals surface area contributed by atoms with Crippen LogP contribution < -0.4 is 0 Å². The molecule has 0 amide bonds. The van der Waals surface area contributed by atoms with Gasteiger partial charge in [-0.25, -0.2) is 0 Å². The maximum Gasteiger partial charge on any atom is 0.342 e. The molecular formula is C9H8N4O4. The average molecular weight is 236 g/mol. The summed E-state index contributed by atoms with van der Waals surface area (Å²) in [5.74, 6) is -0.0787. The first-order chi connectivity index (χ1) is 8.11. The molecular weight excluding hydrogens is 228 g/mol. The van der Waals surface area contributed by atoms with Gasteiger partial charge in [-0.1, -0.05) is 23.3 Å². The van der Waals surface area contributed by atoms with Crippen LogP contribution in [0.4, 0.5) is 11.5 Å². The molecule has 0 saturated carbocycles. The second-order valence-corrected chi connectivity index (χ2v) is 2.79. The van der Waals surface area contributed by atoms with Crippen molar-refractivity contribution in [3.63, 3.8) is 0 Å². The van der Waals surface area contributed by atoms with E-state index in [1.807, 2.05) is 0 Å². The highest BCUT2D eigenvalue weighted by Gasteiger charge is 1.99. The molecule has 0 spiro atoms. The molecule has 0 atom stereocenters. The molecule has 1 aromatic carbocycles. The number of non-ortho nitro benzene ring substituents is 1. The van der Waals surface area contributed by atoms with Crippen molar-refractivity contribution in [2.45, 2.75) is 0 Å². The standard InChI is InChI=1S/C6H5NO2.C3H3N3O2/c8-7(9)6-4-2-1-3-5-6;7-6(8)3-1-2-4-5-3/h1-5H;1-2H,(H,4,5). The quantitative estimate of drug-likeness (QED) is 0.631. The molecule has 17 heavy (non-hydrogen) atoms. The summed E-state index contributed by atoms with van der Waals surface area (Å²) in [6, 6.07) is 9.23. The Labute approximate surface area is 95.2 Å². The molecule has 0 radical (unpaired) electrons. The van der Waals surface area contributed by atoms with E-state index in [2.05, 4.69) is 10.2 Å². The van der Waals surface area contributed by atoms with E-state index in [4.69, 9.17) is 0 Å². The molecule has 1 heterocycles. The van der Waals surface area contributed by atoms with E-state index in [-0.39, 0.29) is 11.5 Å². The second kappa shape index (κ2) is 5.95. The van der Waals surface area contributed by atoms with Crippen molar-refractivity contribution in [1.29, 1.82) is 0 Å². The summed E-state index contributed by atoms with van der Waals surface area (Å²) in [6.45, 7) is 0. The highest BCUT2D eigenvalue weighted by Crippen LogP contribution is 2.06. The van der Waals surface area contributed by atoms with E-state index < -0.39 is 9.85 Å². The summed E-state index contributed by atoms with van der Waals surface area (Å²) in [7, 11) is 0. The molecule has 1 N–H and O–H groups in total. The molecule has 0 aliphatic carbocycles. The van der Waals surface area contributed by atoms with Gasteiger partial charge in [-0.15, -0.1) is 5.10 Å². The van der Waals surface area contributed by atoms with Gasteiger partial charge in [0.05, 0.1) is 17.2 Å². The summed E-state index contributed by atoms with van der Waals surface area (Å²) in [5, 5.41) is 25.4. The Bertz CT molecular complexity index is 483. The molecule has 1 aromatic heterocycles. The fourth-order valence-corrected chi connectivity index (χ4v) is 0.900. The van der Waals surface area contributed by atoms with Crippen LogP contribution in [0.3, 0.4) is 0 Å². The van der Waals surface area contributed by atoms with Gasteiger partial charge in [-0.05, 0) is 4.92 Å². The predicted octanol–water partition coefficient (Wildman–Crippen LogP) is 1.91. The van der Waals surface area contributed by atoms with Crippen molar-refractivity contribution >= 4 is 11.5 Å². The van der Waals surface area contributed by atoms with E-state index >= 15 is 0 Å². The van der Waals surface area contributed by atoms with Gasteiger partial charge in [0.15, 0.2) is 0 Å². The molecule has 88 valence electrons. The van der Waals surface area contributed by atoms with Crippen LogP contribution in [0.1, 0.15) is 0 Å². The van der Waals surface area contributed by atoms with E-state index in [0.717, 1.165) is 0 Å². The number of rotatable bonds is 2. The predicted molar refractivity (Wildman–Crippen MR) is 58.3 cm³/mol.